The van der Waals surface area contributed by atoms with E-state index in [1.165, 1.54) is 32.4 Å². The molecule has 1 nitrogen and oxygen atoms in total. The van der Waals surface area contributed by atoms with Crippen molar-refractivity contribution in [2.75, 3.05) is 13.1 Å². The molecule has 1 aliphatic rings. The Morgan fingerprint density at radius 3 is 1.93 bits per heavy atom. The zero-order chi connectivity index (χ0) is 11.2. The van der Waals surface area contributed by atoms with E-state index in [1.54, 1.807) is 0 Å². The van der Waals surface area contributed by atoms with E-state index >= 15 is 0 Å². The molecule has 1 heteroatoms. The van der Waals surface area contributed by atoms with Crippen molar-refractivity contribution in [2.45, 2.75) is 66.8 Å². The van der Waals surface area contributed by atoms with Crippen LogP contribution in [0, 0.1) is 5.41 Å². The molecule has 0 saturated carbocycles. The standard InChI is InChI=1S/C11H23N.C2H6/c1-5-7-11(6-2)8-12(9-11)10(3)4;1-2/h10H,5-9H2,1-4H3;1-2H3. The zero-order valence-corrected chi connectivity index (χ0v) is 11.1. The van der Waals surface area contributed by atoms with E-state index in [-0.39, 0.29) is 0 Å². The van der Waals surface area contributed by atoms with Gasteiger partial charge in [-0.05, 0) is 32.1 Å². The van der Waals surface area contributed by atoms with Crippen LogP contribution in [0.25, 0.3) is 0 Å². The number of hydrogen-bond donors (Lipinski definition) is 0. The highest BCUT2D eigenvalue weighted by Crippen LogP contribution is 2.39. The van der Waals surface area contributed by atoms with E-state index in [2.05, 4.69) is 32.6 Å². The Kier molecular flexibility index (Phi) is 6.43. The predicted molar refractivity (Wildman–Crippen MR) is 65.7 cm³/mol. The van der Waals surface area contributed by atoms with Crippen LogP contribution >= 0.6 is 0 Å². The van der Waals surface area contributed by atoms with Gasteiger partial charge in [-0.3, -0.25) is 4.90 Å². The van der Waals surface area contributed by atoms with Crippen LogP contribution in [0.4, 0.5) is 0 Å². The van der Waals surface area contributed by atoms with Crippen molar-refractivity contribution in [3.8, 4) is 0 Å². The highest BCUT2D eigenvalue weighted by Gasteiger charge is 2.40. The lowest BCUT2D eigenvalue weighted by Crippen LogP contribution is -2.58. The number of rotatable bonds is 4. The van der Waals surface area contributed by atoms with Gasteiger partial charge in [0.05, 0.1) is 0 Å². The summed E-state index contributed by atoms with van der Waals surface area (Å²) in [6.07, 6.45) is 4.14. The van der Waals surface area contributed by atoms with Gasteiger partial charge in [-0.2, -0.15) is 0 Å². The third kappa shape index (κ3) is 3.27. The van der Waals surface area contributed by atoms with Crippen molar-refractivity contribution in [1.82, 2.24) is 4.90 Å². The van der Waals surface area contributed by atoms with Gasteiger partial charge in [-0.25, -0.2) is 0 Å². The van der Waals surface area contributed by atoms with Gasteiger partial charge in [0.15, 0.2) is 0 Å². The Labute approximate surface area is 90.9 Å². The van der Waals surface area contributed by atoms with Gasteiger partial charge < -0.3 is 0 Å². The molecule has 86 valence electrons. The van der Waals surface area contributed by atoms with Gasteiger partial charge in [0.25, 0.3) is 0 Å². The topological polar surface area (TPSA) is 3.24 Å². The molecular formula is C13H29N. The molecule has 0 radical (unpaired) electrons. The largest absolute Gasteiger partial charge is 0.300 e. The minimum absolute atomic E-state index is 0.693. The van der Waals surface area contributed by atoms with E-state index in [0.29, 0.717) is 5.41 Å². The summed E-state index contributed by atoms with van der Waals surface area (Å²) in [5, 5.41) is 0. The molecule has 1 rings (SSSR count). The summed E-state index contributed by atoms with van der Waals surface area (Å²) < 4.78 is 0. The first kappa shape index (κ1) is 14.0. The third-order valence-electron chi connectivity index (χ3n) is 3.34. The second kappa shape index (κ2) is 6.44. The summed E-state index contributed by atoms with van der Waals surface area (Å²) >= 11 is 0. The number of likely N-dealkylation sites (tertiary alicyclic amines) is 1. The van der Waals surface area contributed by atoms with E-state index < -0.39 is 0 Å². The van der Waals surface area contributed by atoms with Crippen molar-refractivity contribution < 1.29 is 0 Å². The van der Waals surface area contributed by atoms with E-state index in [1.807, 2.05) is 13.8 Å². The Morgan fingerprint density at radius 2 is 1.64 bits per heavy atom. The molecule has 0 aromatic heterocycles. The lowest BCUT2D eigenvalue weighted by Gasteiger charge is -2.52. The third-order valence-corrected chi connectivity index (χ3v) is 3.34. The number of hydrogen-bond acceptors (Lipinski definition) is 1. The number of nitrogens with zero attached hydrogens (tertiary/aromatic N) is 1. The summed E-state index contributed by atoms with van der Waals surface area (Å²) in [6.45, 7) is 15.9. The van der Waals surface area contributed by atoms with Crippen molar-refractivity contribution in [3.05, 3.63) is 0 Å². The molecular weight excluding hydrogens is 170 g/mol. The fraction of sp³-hybridized carbons (Fsp3) is 1.00. The lowest BCUT2D eigenvalue weighted by atomic mass is 9.73. The van der Waals surface area contributed by atoms with Crippen LogP contribution in [-0.2, 0) is 0 Å². The van der Waals surface area contributed by atoms with Crippen LogP contribution in [0.1, 0.15) is 60.8 Å². The molecule has 0 bridgehead atoms. The monoisotopic (exact) mass is 199 g/mol. The van der Waals surface area contributed by atoms with Crippen molar-refractivity contribution in [2.24, 2.45) is 5.41 Å². The highest BCUT2D eigenvalue weighted by molar-refractivity contribution is 4.94. The molecule has 1 aliphatic heterocycles. The van der Waals surface area contributed by atoms with E-state index in [4.69, 9.17) is 0 Å². The maximum Gasteiger partial charge on any atom is 0.00531 e. The van der Waals surface area contributed by atoms with Gasteiger partial charge in [-0.15, -0.1) is 0 Å². The van der Waals surface area contributed by atoms with Crippen LogP contribution in [0.2, 0.25) is 0 Å². The molecule has 1 heterocycles. The predicted octanol–water partition coefficient (Wildman–Crippen LogP) is 3.93. The normalized spacial score (nSPS) is 19.9. The fourth-order valence-corrected chi connectivity index (χ4v) is 2.27. The molecule has 0 spiro atoms. The smallest absolute Gasteiger partial charge is 0.00531 e. The molecule has 0 amide bonds. The maximum absolute atomic E-state index is 2.58. The van der Waals surface area contributed by atoms with Crippen molar-refractivity contribution >= 4 is 0 Å². The van der Waals surface area contributed by atoms with E-state index in [0.717, 1.165) is 6.04 Å². The van der Waals surface area contributed by atoms with Crippen molar-refractivity contribution in [1.29, 1.82) is 0 Å². The minimum Gasteiger partial charge on any atom is -0.300 e. The molecule has 1 saturated heterocycles. The van der Waals surface area contributed by atoms with Gasteiger partial charge in [0.1, 0.15) is 0 Å². The summed E-state index contributed by atoms with van der Waals surface area (Å²) in [6, 6.07) is 0.751. The van der Waals surface area contributed by atoms with E-state index in [9.17, 15) is 0 Å². The molecule has 0 atom stereocenters. The maximum atomic E-state index is 2.58. The van der Waals surface area contributed by atoms with Gasteiger partial charge in [-0.1, -0.05) is 34.1 Å². The second-order valence-corrected chi connectivity index (χ2v) is 4.60. The first-order chi connectivity index (χ1) is 6.63. The Balaban J connectivity index is 0.000000791. The van der Waals surface area contributed by atoms with Gasteiger partial charge in [0, 0.05) is 19.1 Å². The molecule has 0 N–H and O–H groups in total. The van der Waals surface area contributed by atoms with Gasteiger partial charge in [0.2, 0.25) is 0 Å². The summed E-state index contributed by atoms with van der Waals surface area (Å²) in [5.74, 6) is 0. The zero-order valence-electron chi connectivity index (χ0n) is 11.1. The summed E-state index contributed by atoms with van der Waals surface area (Å²) in [4.78, 5) is 2.58. The Bertz CT molecular complexity index is 134. The molecule has 0 aromatic carbocycles. The quantitative estimate of drug-likeness (QED) is 0.663. The van der Waals surface area contributed by atoms with Crippen molar-refractivity contribution in [3.63, 3.8) is 0 Å². The van der Waals surface area contributed by atoms with Crippen LogP contribution in [0.5, 0.6) is 0 Å². The second-order valence-electron chi connectivity index (χ2n) is 4.60. The Hall–Kier alpha value is -0.0400. The molecule has 1 fully saturated rings. The van der Waals surface area contributed by atoms with Crippen LogP contribution < -0.4 is 0 Å². The van der Waals surface area contributed by atoms with Gasteiger partial charge >= 0.3 is 0 Å². The fourth-order valence-electron chi connectivity index (χ4n) is 2.27. The first-order valence-electron chi connectivity index (χ1n) is 6.37. The first-order valence-corrected chi connectivity index (χ1v) is 6.37. The SMILES string of the molecule is CC.CCCC1(CC)CN(C(C)C)C1. The van der Waals surface area contributed by atoms with Crippen LogP contribution in [0.15, 0.2) is 0 Å². The Morgan fingerprint density at radius 1 is 1.14 bits per heavy atom. The summed E-state index contributed by atoms with van der Waals surface area (Å²) in [5.41, 5.74) is 0.693. The average Bonchev–Trinajstić information content (AvgIpc) is 2.13. The van der Waals surface area contributed by atoms with Crippen LogP contribution in [-0.4, -0.2) is 24.0 Å². The summed E-state index contributed by atoms with van der Waals surface area (Å²) in [7, 11) is 0. The highest BCUT2D eigenvalue weighted by atomic mass is 15.2. The molecule has 0 unspecified atom stereocenters. The van der Waals surface area contributed by atoms with Crippen LogP contribution in [0.3, 0.4) is 0 Å². The molecule has 0 aliphatic carbocycles. The molecule has 14 heavy (non-hydrogen) atoms. The minimum atomic E-state index is 0.693. The molecule has 0 aromatic rings. The average molecular weight is 199 g/mol. The lowest BCUT2D eigenvalue weighted by molar-refractivity contribution is -0.0310.